The zero-order valence-electron chi connectivity index (χ0n) is 25.8. The minimum atomic E-state index is -0.973. The Morgan fingerprint density at radius 2 is 1.76 bits per heavy atom. The summed E-state index contributed by atoms with van der Waals surface area (Å²) in [5.41, 5.74) is 3.43. The van der Waals surface area contributed by atoms with Crippen molar-refractivity contribution in [3.8, 4) is 5.75 Å². The van der Waals surface area contributed by atoms with Crippen molar-refractivity contribution in [2.75, 3.05) is 31.5 Å². The highest BCUT2D eigenvalue weighted by atomic mass is 16.6. The molecule has 0 bridgehead atoms. The number of hydrogen-bond donors (Lipinski definition) is 2. The molecular formula is C34H38N6O6. The number of benzene rings is 2. The Kier molecular flexibility index (Phi) is 9.32. The highest BCUT2D eigenvalue weighted by Gasteiger charge is 2.30. The standard InChI is InChI=1S/C34H38N6O6/c1-23-20-25(13-16-35-23)31(41)37-32-36-28-11-7-12-29(30(28)40(32)26-10-5-6-17-39(21-26)33(42)43)46-27-14-18-38(19-15-27)34(44)45-22-24-8-3-2-4-9-24/h2-4,7-9,11-13,16,20,26-27H,5-6,10,14-15,17-19,21-22H2,1H3,(H,42,43)(H,36,37,41). The highest BCUT2D eigenvalue weighted by molar-refractivity contribution is 6.04. The smallest absolute Gasteiger partial charge is 0.410 e. The fourth-order valence-corrected chi connectivity index (χ4v) is 6.17. The molecule has 3 amide bonds. The number of anilines is 1. The summed E-state index contributed by atoms with van der Waals surface area (Å²) in [5.74, 6) is 0.597. The fourth-order valence-electron chi connectivity index (χ4n) is 6.17. The molecule has 2 saturated heterocycles. The molecular weight excluding hydrogens is 588 g/mol. The van der Waals surface area contributed by atoms with Gasteiger partial charge in [0.2, 0.25) is 5.95 Å². The van der Waals surface area contributed by atoms with E-state index in [1.54, 1.807) is 23.2 Å². The summed E-state index contributed by atoms with van der Waals surface area (Å²) in [6.07, 6.45) is 3.64. The van der Waals surface area contributed by atoms with E-state index in [1.807, 2.05) is 60.0 Å². The van der Waals surface area contributed by atoms with Crippen molar-refractivity contribution in [1.29, 1.82) is 0 Å². The van der Waals surface area contributed by atoms with Crippen LogP contribution in [0.25, 0.3) is 11.0 Å². The molecule has 12 heteroatoms. The quantitative estimate of drug-likeness (QED) is 0.259. The molecule has 0 radical (unpaired) electrons. The second-order valence-corrected chi connectivity index (χ2v) is 11.8. The number of amides is 3. The van der Waals surface area contributed by atoms with Gasteiger partial charge < -0.3 is 28.9 Å². The van der Waals surface area contributed by atoms with Gasteiger partial charge in [0.05, 0.1) is 11.6 Å². The summed E-state index contributed by atoms with van der Waals surface area (Å²) in [5, 5.41) is 12.9. The Bertz CT molecular complexity index is 1700. The molecule has 4 heterocycles. The second-order valence-electron chi connectivity index (χ2n) is 11.8. The van der Waals surface area contributed by atoms with Crippen LogP contribution in [0.2, 0.25) is 0 Å². The maximum atomic E-state index is 13.4. The summed E-state index contributed by atoms with van der Waals surface area (Å²) >= 11 is 0. The van der Waals surface area contributed by atoms with E-state index < -0.39 is 6.09 Å². The zero-order valence-corrected chi connectivity index (χ0v) is 25.8. The molecule has 46 heavy (non-hydrogen) atoms. The number of piperidine rings is 1. The SMILES string of the molecule is Cc1cc(C(=O)Nc2nc3cccc(OC4CCN(C(=O)OCc5ccccc5)CC4)c3n2C2CCCCN(C(=O)O)C2)ccn1. The van der Waals surface area contributed by atoms with Gasteiger partial charge in [-0.15, -0.1) is 0 Å². The number of pyridine rings is 1. The molecule has 2 aromatic heterocycles. The van der Waals surface area contributed by atoms with Gasteiger partial charge in [0.25, 0.3) is 5.91 Å². The lowest BCUT2D eigenvalue weighted by Gasteiger charge is -2.32. The number of carboxylic acid groups (broad SMARTS) is 1. The van der Waals surface area contributed by atoms with E-state index in [0.29, 0.717) is 72.9 Å². The number of aromatic nitrogens is 3. The van der Waals surface area contributed by atoms with Gasteiger partial charge in [-0.3, -0.25) is 15.1 Å². The molecule has 2 fully saturated rings. The maximum absolute atomic E-state index is 13.4. The lowest BCUT2D eigenvalue weighted by atomic mass is 10.1. The maximum Gasteiger partial charge on any atom is 0.410 e. The number of para-hydroxylation sites is 1. The Balaban J connectivity index is 1.24. The number of carbonyl (C=O) groups excluding carboxylic acids is 2. The van der Waals surface area contributed by atoms with Crippen molar-refractivity contribution in [2.24, 2.45) is 0 Å². The minimum Gasteiger partial charge on any atom is -0.488 e. The van der Waals surface area contributed by atoms with Crippen molar-refractivity contribution in [3.05, 3.63) is 83.7 Å². The third kappa shape index (κ3) is 7.06. The molecule has 0 aliphatic carbocycles. The van der Waals surface area contributed by atoms with E-state index in [4.69, 9.17) is 14.5 Å². The van der Waals surface area contributed by atoms with Crippen molar-refractivity contribution in [2.45, 2.75) is 57.8 Å². The Labute approximate surface area is 266 Å². The first kappa shape index (κ1) is 30.9. The van der Waals surface area contributed by atoms with Gasteiger partial charge in [-0.2, -0.15) is 0 Å². The minimum absolute atomic E-state index is 0.158. The summed E-state index contributed by atoms with van der Waals surface area (Å²) in [7, 11) is 0. The van der Waals surface area contributed by atoms with Crippen LogP contribution in [-0.2, 0) is 11.3 Å². The van der Waals surface area contributed by atoms with E-state index in [-0.39, 0.29) is 37.3 Å². The van der Waals surface area contributed by atoms with E-state index in [2.05, 4.69) is 10.3 Å². The van der Waals surface area contributed by atoms with Crippen LogP contribution in [0.5, 0.6) is 5.75 Å². The summed E-state index contributed by atoms with van der Waals surface area (Å²) in [4.78, 5) is 50.2. The van der Waals surface area contributed by atoms with Crippen molar-refractivity contribution in [1.82, 2.24) is 24.3 Å². The molecule has 12 nitrogen and oxygen atoms in total. The monoisotopic (exact) mass is 626 g/mol. The molecule has 1 atom stereocenters. The van der Waals surface area contributed by atoms with Crippen LogP contribution in [0.15, 0.2) is 66.9 Å². The Hall–Kier alpha value is -5.13. The third-order valence-corrected chi connectivity index (χ3v) is 8.54. The number of hydrogen-bond acceptors (Lipinski definition) is 7. The zero-order chi connectivity index (χ0) is 32.0. The van der Waals surface area contributed by atoms with Gasteiger partial charge >= 0.3 is 12.2 Å². The van der Waals surface area contributed by atoms with Gasteiger partial charge in [0.15, 0.2) is 0 Å². The first-order chi connectivity index (χ1) is 22.4. The molecule has 4 aromatic rings. The second kappa shape index (κ2) is 13.9. The van der Waals surface area contributed by atoms with Crippen LogP contribution >= 0.6 is 0 Å². The summed E-state index contributed by atoms with van der Waals surface area (Å²) < 4.78 is 14.1. The predicted octanol–water partition coefficient (Wildman–Crippen LogP) is 5.88. The van der Waals surface area contributed by atoms with Crippen LogP contribution in [0, 0.1) is 6.92 Å². The largest absolute Gasteiger partial charge is 0.488 e. The summed E-state index contributed by atoms with van der Waals surface area (Å²) in [6.45, 7) is 3.75. The molecule has 240 valence electrons. The number of imidazole rings is 1. The molecule has 0 spiro atoms. The van der Waals surface area contributed by atoms with Gasteiger partial charge in [-0.25, -0.2) is 14.6 Å². The van der Waals surface area contributed by atoms with Crippen molar-refractivity contribution in [3.63, 3.8) is 0 Å². The molecule has 1 unspecified atom stereocenters. The van der Waals surface area contributed by atoms with Crippen LogP contribution in [0.4, 0.5) is 15.5 Å². The molecule has 0 saturated carbocycles. The molecule has 6 rings (SSSR count). The molecule has 2 N–H and O–H groups in total. The normalized spacial score (nSPS) is 17.4. The van der Waals surface area contributed by atoms with Gasteiger partial charge in [0, 0.05) is 56.5 Å². The van der Waals surface area contributed by atoms with Crippen molar-refractivity contribution >= 4 is 35.1 Å². The number of nitrogens with zero attached hydrogens (tertiary/aromatic N) is 5. The number of fused-ring (bicyclic) bond motifs is 1. The van der Waals surface area contributed by atoms with Crippen LogP contribution in [0.1, 0.15) is 59.8 Å². The average Bonchev–Trinajstić information content (AvgIpc) is 3.25. The van der Waals surface area contributed by atoms with Crippen molar-refractivity contribution < 1.29 is 29.0 Å². The van der Waals surface area contributed by atoms with Gasteiger partial charge in [-0.05, 0) is 56.0 Å². The lowest BCUT2D eigenvalue weighted by Crippen LogP contribution is -2.42. The predicted molar refractivity (Wildman–Crippen MR) is 171 cm³/mol. The van der Waals surface area contributed by atoms with Gasteiger partial charge in [0.1, 0.15) is 24.0 Å². The Morgan fingerprint density at radius 3 is 2.52 bits per heavy atom. The number of ether oxygens (including phenoxy) is 2. The Morgan fingerprint density at radius 1 is 0.957 bits per heavy atom. The highest BCUT2D eigenvalue weighted by Crippen LogP contribution is 2.36. The first-order valence-corrected chi connectivity index (χ1v) is 15.7. The summed E-state index contributed by atoms with van der Waals surface area (Å²) in [6, 6.07) is 18.3. The van der Waals surface area contributed by atoms with Crippen LogP contribution in [0.3, 0.4) is 0 Å². The van der Waals surface area contributed by atoms with Crippen LogP contribution in [-0.4, -0.2) is 79.8 Å². The van der Waals surface area contributed by atoms with Crippen LogP contribution < -0.4 is 10.1 Å². The molecule has 2 aliphatic rings. The number of carbonyl (C=O) groups is 3. The number of aryl methyl sites for hydroxylation is 1. The average molecular weight is 627 g/mol. The van der Waals surface area contributed by atoms with E-state index >= 15 is 0 Å². The molecule has 2 aromatic carbocycles. The lowest BCUT2D eigenvalue weighted by molar-refractivity contribution is 0.0641. The number of rotatable bonds is 7. The topological polar surface area (TPSA) is 139 Å². The van der Waals surface area contributed by atoms with E-state index in [1.165, 1.54) is 4.90 Å². The van der Waals surface area contributed by atoms with Gasteiger partial charge in [-0.1, -0.05) is 36.4 Å². The number of nitrogens with one attached hydrogen (secondary N) is 1. The first-order valence-electron chi connectivity index (χ1n) is 15.7. The van der Waals surface area contributed by atoms with E-state index in [9.17, 15) is 19.5 Å². The molecule has 2 aliphatic heterocycles. The fraction of sp³-hybridized carbons (Fsp3) is 0.382. The number of likely N-dealkylation sites (tertiary alicyclic amines) is 2. The third-order valence-electron chi connectivity index (χ3n) is 8.54. The van der Waals surface area contributed by atoms with E-state index in [0.717, 1.165) is 18.4 Å².